The molecule has 0 unspecified atom stereocenters. The summed E-state index contributed by atoms with van der Waals surface area (Å²) in [6.45, 7) is 0. The van der Waals surface area contributed by atoms with Crippen LogP contribution in [0.25, 0.3) is 0 Å². The van der Waals surface area contributed by atoms with E-state index in [2.05, 4.69) is 4.84 Å². The fourth-order valence-corrected chi connectivity index (χ4v) is 0.0763. The van der Waals surface area contributed by atoms with Crippen LogP contribution in [0.4, 0.5) is 0 Å². The highest BCUT2D eigenvalue weighted by atomic mass is 16.7. The molecule has 6 heteroatoms. The van der Waals surface area contributed by atoms with Crippen molar-refractivity contribution < 1.29 is 9.76 Å². The van der Waals surface area contributed by atoms with E-state index in [4.69, 9.17) is 4.91 Å². The Morgan fingerprint density at radius 3 is 2.75 bits per heavy atom. The first-order chi connectivity index (χ1) is 3.77. The molecule has 0 N–H and O–H groups in total. The van der Waals surface area contributed by atoms with Crippen molar-refractivity contribution in [1.82, 2.24) is 0 Å². The van der Waals surface area contributed by atoms with E-state index < -0.39 is 4.92 Å². The SMILES string of the molecule is O=NOC#C[N+](=O)[O-]. The quantitative estimate of drug-likeness (QED) is 0.157. The zero-order chi connectivity index (χ0) is 6.41. The second kappa shape index (κ2) is 3.55. The number of rotatable bonds is 1. The molecule has 6 nitrogen and oxygen atoms in total. The van der Waals surface area contributed by atoms with Crippen LogP contribution >= 0.6 is 0 Å². The summed E-state index contributed by atoms with van der Waals surface area (Å²) in [4.78, 5) is 20.7. The summed E-state index contributed by atoms with van der Waals surface area (Å²) in [5.41, 5.74) is 0. The van der Waals surface area contributed by atoms with E-state index in [9.17, 15) is 10.1 Å². The van der Waals surface area contributed by atoms with Gasteiger partial charge in [0.25, 0.3) is 0 Å². The van der Waals surface area contributed by atoms with Crippen molar-refractivity contribution in [2.45, 2.75) is 0 Å². The van der Waals surface area contributed by atoms with Crippen LogP contribution in [0.2, 0.25) is 0 Å². The van der Waals surface area contributed by atoms with Crippen LogP contribution in [0.5, 0.6) is 0 Å². The predicted molar refractivity (Wildman–Crippen MR) is 21.7 cm³/mol. The van der Waals surface area contributed by atoms with Crippen LogP contribution < -0.4 is 0 Å². The third kappa shape index (κ3) is 4.36. The van der Waals surface area contributed by atoms with Gasteiger partial charge in [0.2, 0.25) is 6.11 Å². The lowest BCUT2D eigenvalue weighted by Gasteiger charge is -1.66. The van der Waals surface area contributed by atoms with Crippen molar-refractivity contribution in [2.75, 3.05) is 0 Å². The zero-order valence-electron chi connectivity index (χ0n) is 3.53. The van der Waals surface area contributed by atoms with E-state index in [0.717, 1.165) is 0 Å². The van der Waals surface area contributed by atoms with Gasteiger partial charge in [-0.2, -0.15) is 0 Å². The van der Waals surface area contributed by atoms with Crippen molar-refractivity contribution in [1.29, 1.82) is 0 Å². The molecule has 0 saturated carbocycles. The summed E-state index contributed by atoms with van der Waals surface area (Å²) in [6, 6.07) is 1.30. The van der Waals surface area contributed by atoms with Gasteiger partial charge in [0.05, 0.1) is 0 Å². The van der Waals surface area contributed by atoms with Gasteiger partial charge < -0.3 is 0 Å². The van der Waals surface area contributed by atoms with Crippen LogP contribution in [0.1, 0.15) is 0 Å². The highest BCUT2D eigenvalue weighted by Gasteiger charge is 1.80. The minimum absolute atomic E-state index is 0.953. The van der Waals surface area contributed by atoms with Crippen LogP contribution in [0.3, 0.4) is 0 Å². The molecule has 0 aliphatic carbocycles. The molecule has 0 aromatic heterocycles. The molecular formula is C2N2O4. The van der Waals surface area contributed by atoms with Gasteiger partial charge in [-0.3, -0.25) is 4.84 Å². The lowest BCUT2D eigenvalue weighted by molar-refractivity contribution is -0.380. The maximum atomic E-state index is 9.28. The molecule has 0 saturated heterocycles. The summed E-state index contributed by atoms with van der Waals surface area (Å²) in [7, 11) is 0. The Kier molecular flexibility index (Phi) is 2.82. The van der Waals surface area contributed by atoms with Gasteiger partial charge in [-0.05, 0) is 0 Å². The molecule has 42 valence electrons. The van der Waals surface area contributed by atoms with E-state index in [1.165, 1.54) is 12.2 Å². The molecular weight excluding hydrogens is 116 g/mol. The molecule has 0 radical (unpaired) electrons. The van der Waals surface area contributed by atoms with Crippen molar-refractivity contribution in [2.24, 2.45) is 5.34 Å². The highest BCUT2D eigenvalue weighted by molar-refractivity contribution is 4.77. The summed E-state index contributed by atoms with van der Waals surface area (Å²) in [5.74, 6) is 0. The monoisotopic (exact) mass is 116 g/mol. The highest BCUT2D eigenvalue weighted by Crippen LogP contribution is 1.65. The first-order valence-corrected chi connectivity index (χ1v) is 1.41. The van der Waals surface area contributed by atoms with E-state index >= 15 is 0 Å². The van der Waals surface area contributed by atoms with E-state index in [1.54, 1.807) is 5.34 Å². The Morgan fingerprint density at radius 2 is 2.38 bits per heavy atom. The van der Waals surface area contributed by atoms with Crippen molar-refractivity contribution in [3.63, 3.8) is 0 Å². The number of nitrogens with zero attached hydrogens (tertiary/aromatic N) is 2. The lowest BCUT2D eigenvalue weighted by atomic mass is 11.1. The Balaban J connectivity index is 3.50. The number of hydrogen-bond donors (Lipinski definition) is 0. The Labute approximate surface area is 43.5 Å². The van der Waals surface area contributed by atoms with Crippen LogP contribution in [-0.2, 0) is 4.84 Å². The van der Waals surface area contributed by atoms with Gasteiger partial charge in [-0.25, -0.2) is 10.1 Å². The topological polar surface area (TPSA) is 81.8 Å². The number of nitro groups is 1. The fraction of sp³-hybridized carbons (Fsp3) is 0. The molecule has 0 heterocycles. The molecule has 0 aliphatic rings. The van der Waals surface area contributed by atoms with Gasteiger partial charge in [0.15, 0.2) is 5.34 Å². The minimum atomic E-state index is -0.953. The molecule has 0 spiro atoms. The Morgan fingerprint density at radius 1 is 1.75 bits per heavy atom. The third-order valence-electron chi connectivity index (χ3n) is 0.220. The van der Waals surface area contributed by atoms with Crippen molar-refractivity contribution in [3.8, 4) is 12.2 Å². The van der Waals surface area contributed by atoms with Crippen LogP contribution in [-0.4, -0.2) is 4.92 Å². The van der Waals surface area contributed by atoms with E-state index in [-0.39, 0.29) is 0 Å². The van der Waals surface area contributed by atoms with Gasteiger partial charge in [0.1, 0.15) is 4.92 Å². The van der Waals surface area contributed by atoms with E-state index in [0.29, 0.717) is 0 Å². The largest absolute Gasteiger partial charge is 0.337 e. The summed E-state index contributed by atoms with van der Waals surface area (Å²) in [5, 5.41) is 11.1. The molecule has 0 aliphatic heterocycles. The van der Waals surface area contributed by atoms with Gasteiger partial charge in [-0.1, -0.05) is 0 Å². The Bertz CT molecular complexity index is 153. The normalized spacial score (nSPS) is 6.00. The van der Waals surface area contributed by atoms with Crippen molar-refractivity contribution >= 4 is 0 Å². The van der Waals surface area contributed by atoms with Crippen molar-refractivity contribution in [3.05, 3.63) is 15.0 Å². The predicted octanol–water partition coefficient (Wildman–Crippen LogP) is -0.120. The van der Waals surface area contributed by atoms with E-state index in [1.807, 2.05) is 0 Å². The zero-order valence-corrected chi connectivity index (χ0v) is 3.53. The smallest absolute Gasteiger partial charge is 0.262 e. The molecule has 8 heavy (non-hydrogen) atoms. The van der Waals surface area contributed by atoms with Gasteiger partial charge in [-0.15, -0.1) is 4.91 Å². The molecule has 0 aromatic rings. The molecule has 0 bridgehead atoms. The van der Waals surface area contributed by atoms with Gasteiger partial charge in [0, 0.05) is 0 Å². The van der Waals surface area contributed by atoms with Crippen LogP contribution in [0, 0.1) is 27.2 Å². The second-order valence-electron chi connectivity index (χ2n) is 0.637. The molecule has 0 fully saturated rings. The minimum Gasteiger partial charge on any atom is -0.262 e. The average molecular weight is 116 g/mol. The summed E-state index contributed by atoms with van der Waals surface area (Å²) >= 11 is 0. The molecule has 0 atom stereocenters. The molecule has 0 aromatic carbocycles. The fourth-order valence-electron chi connectivity index (χ4n) is 0.0763. The first-order valence-electron chi connectivity index (χ1n) is 1.41. The average Bonchev–Trinajstić information content (AvgIpc) is 1.66. The molecule has 0 rings (SSSR count). The maximum absolute atomic E-state index is 9.28. The summed E-state index contributed by atoms with van der Waals surface area (Å²) in [6.07, 6.45) is 1.41. The summed E-state index contributed by atoms with van der Waals surface area (Å²) < 4.78 is 0. The third-order valence-corrected chi connectivity index (χ3v) is 0.220. The Hall–Kier alpha value is -1.64. The first kappa shape index (κ1) is 6.36. The molecule has 0 amide bonds. The van der Waals surface area contributed by atoms with Gasteiger partial charge >= 0.3 is 6.04 Å². The lowest BCUT2D eigenvalue weighted by Crippen LogP contribution is -1.82. The number of hydrogen-bond acceptors (Lipinski definition) is 5. The maximum Gasteiger partial charge on any atom is 0.337 e. The second-order valence-corrected chi connectivity index (χ2v) is 0.637. The van der Waals surface area contributed by atoms with Crippen LogP contribution in [0.15, 0.2) is 5.34 Å². The standard InChI is InChI=1S/C2N2O4/c5-3-8-2-1-4(6)7.